The molecule has 6 atom stereocenters. The molecule has 0 heterocycles. The van der Waals surface area contributed by atoms with E-state index >= 15 is 0 Å². The minimum Gasteiger partial charge on any atom is -0.393 e. The highest BCUT2D eigenvalue weighted by atomic mass is 35.5. The van der Waals surface area contributed by atoms with E-state index in [1.54, 1.807) is 0 Å². The maximum atomic E-state index is 10.0. The predicted molar refractivity (Wildman–Crippen MR) is 80.7 cm³/mol. The summed E-state index contributed by atoms with van der Waals surface area (Å²) in [6.07, 6.45) is -1.85. The molecular weight excluding hydrogens is 377 g/mol. The fraction of sp³-hybridized carbons (Fsp3) is 0.818. The second kappa shape index (κ2) is 4.70. The Hall–Kier alpha value is 1.40. The van der Waals surface area contributed by atoms with Gasteiger partial charge in [0.2, 0.25) is 0 Å². The smallest absolute Gasteiger partial charge is 0.167 e. The molecule has 0 amide bonds. The Morgan fingerprint density at radius 1 is 0.842 bits per heavy atom. The molecule has 0 aromatic heterocycles. The maximum absolute atomic E-state index is 10.0. The summed E-state index contributed by atoms with van der Waals surface area (Å²) in [7, 11) is 0. The second-order valence-corrected chi connectivity index (χ2v) is 8.43. The molecule has 1 fully saturated rings. The molecule has 0 aromatic rings. The van der Waals surface area contributed by atoms with Crippen LogP contribution in [0.3, 0.4) is 0 Å². The number of allylic oxidation sites excluding steroid dienone is 2. The molecule has 0 aromatic carbocycles. The van der Waals surface area contributed by atoms with Gasteiger partial charge in [-0.15, -0.1) is 23.2 Å². The first kappa shape index (κ1) is 16.8. The van der Waals surface area contributed by atoms with Crippen molar-refractivity contribution in [2.45, 2.75) is 40.1 Å². The van der Waals surface area contributed by atoms with Crippen molar-refractivity contribution in [3.63, 3.8) is 0 Å². The molecule has 2 aliphatic rings. The lowest BCUT2D eigenvalue weighted by Gasteiger charge is -2.39. The Labute approximate surface area is 141 Å². The second-order valence-electron chi connectivity index (χ2n) is 5.16. The first-order chi connectivity index (χ1) is 8.45. The van der Waals surface area contributed by atoms with Crippen molar-refractivity contribution >= 4 is 69.6 Å². The molecule has 0 aliphatic heterocycles. The van der Waals surface area contributed by atoms with Gasteiger partial charge in [-0.1, -0.05) is 46.4 Å². The van der Waals surface area contributed by atoms with E-state index in [9.17, 15) is 10.2 Å². The van der Waals surface area contributed by atoms with Crippen LogP contribution < -0.4 is 0 Å². The highest BCUT2D eigenvalue weighted by Gasteiger charge is 2.83. The average Bonchev–Trinajstić information content (AvgIpc) is 2.48. The highest BCUT2D eigenvalue weighted by molar-refractivity contribution is 6.65. The summed E-state index contributed by atoms with van der Waals surface area (Å²) in [6, 6.07) is 0. The normalized spacial score (nSPS) is 47.7. The summed E-state index contributed by atoms with van der Waals surface area (Å²) in [6.45, 7) is 3.04. The van der Waals surface area contributed by atoms with Crippen molar-refractivity contribution in [2.75, 3.05) is 0 Å². The molecule has 1 saturated carbocycles. The van der Waals surface area contributed by atoms with Crippen molar-refractivity contribution in [1.82, 2.24) is 0 Å². The summed E-state index contributed by atoms with van der Waals surface area (Å²) in [5.41, 5.74) is 0. The number of rotatable bonds is 2. The number of hydrogen-bond donors (Lipinski definition) is 2. The molecule has 2 nitrogen and oxygen atoms in total. The van der Waals surface area contributed by atoms with Crippen molar-refractivity contribution < 1.29 is 10.2 Å². The van der Waals surface area contributed by atoms with Crippen molar-refractivity contribution in [2.24, 2.45) is 11.8 Å². The first-order valence-corrected chi connectivity index (χ1v) is 7.90. The summed E-state index contributed by atoms with van der Waals surface area (Å²) >= 11 is 38.1. The predicted octanol–water partition coefficient (Wildman–Crippen LogP) is 3.83. The zero-order valence-electron chi connectivity index (χ0n) is 9.97. The van der Waals surface area contributed by atoms with Crippen LogP contribution in [0.1, 0.15) is 13.8 Å². The molecule has 19 heavy (non-hydrogen) atoms. The molecule has 110 valence electrons. The standard InChI is InChI=1S/C11H12Cl6O2/c1-3(18)5-6(4(2)19)10(15)8(13)7(12)9(5,14)11(10,16)17/h3-6,18-19H,1-2H3. The van der Waals surface area contributed by atoms with E-state index in [-0.39, 0.29) is 10.1 Å². The first-order valence-electron chi connectivity index (χ1n) is 5.63. The number of aliphatic hydroxyl groups excluding tert-OH is 2. The van der Waals surface area contributed by atoms with Crippen LogP contribution in [0.4, 0.5) is 0 Å². The monoisotopic (exact) mass is 386 g/mol. The van der Waals surface area contributed by atoms with Gasteiger partial charge in [0, 0.05) is 11.8 Å². The van der Waals surface area contributed by atoms with E-state index in [2.05, 4.69) is 0 Å². The molecule has 6 unspecified atom stereocenters. The number of alkyl halides is 4. The van der Waals surface area contributed by atoms with Gasteiger partial charge in [-0.05, 0) is 13.8 Å². The summed E-state index contributed by atoms with van der Waals surface area (Å²) in [5, 5.41) is 20.1. The Balaban J connectivity index is 2.76. The van der Waals surface area contributed by atoms with E-state index in [4.69, 9.17) is 69.6 Å². The maximum Gasteiger partial charge on any atom is 0.167 e. The third-order valence-electron chi connectivity index (χ3n) is 4.09. The number of halogens is 6. The molecular formula is C11H12Cl6O2. The third-order valence-corrected chi connectivity index (χ3v) is 8.38. The van der Waals surface area contributed by atoms with Gasteiger partial charge < -0.3 is 10.2 Å². The fourth-order valence-corrected chi connectivity index (χ4v) is 6.51. The molecule has 2 rings (SSSR count). The lowest BCUT2D eigenvalue weighted by molar-refractivity contribution is 0.0236. The van der Waals surface area contributed by atoms with Gasteiger partial charge in [0.15, 0.2) is 4.33 Å². The van der Waals surface area contributed by atoms with E-state index in [0.29, 0.717) is 0 Å². The topological polar surface area (TPSA) is 40.5 Å². The van der Waals surface area contributed by atoms with E-state index in [1.807, 2.05) is 0 Å². The van der Waals surface area contributed by atoms with Crippen molar-refractivity contribution in [3.8, 4) is 0 Å². The fourth-order valence-electron chi connectivity index (χ4n) is 3.33. The summed E-state index contributed by atoms with van der Waals surface area (Å²) < 4.78 is -1.74. The average molecular weight is 389 g/mol. The molecule has 0 spiro atoms. The van der Waals surface area contributed by atoms with Gasteiger partial charge in [-0.3, -0.25) is 0 Å². The number of fused-ring (bicyclic) bond motifs is 2. The Bertz CT molecular complexity index is 410. The van der Waals surface area contributed by atoms with Crippen LogP contribution in [0.2, 0.25) is 0 Å². The van der Waals surface area contributed by atoms with E-state index in [0.717, 1.165) is 0 Å². The molecule has 2 N–H and O–H groups in total. The number of hydrogen-bond acceptors (Lipinski definition) is 2. The Morgan fingerprint density at radius 3 is 1.32 bits per heavy atom. The third kappa shape index (κ3) is 1.66. The SMILES string of the molecule is CC(O)C1C(C(C)O)C2(Cl)C(Cl)=C(Cl)C1(Cl)C2(Cl)Cl. The molecule has 0 saturated heterocycles. The molecule has 2 aliphatic carbocycles. The zero-order chi connectivity index (χ0) is 15.0. The largest absolute Gasteiger partial charge is 0.393 e. The van der Waals surface area contributed by atoms with Gasteiger partial charge in [0.1, 0.15) is 9.75 Å². The van der Waals surface area contributed by atoms with Gasteiger partial charge >= 0.3 is 0 Å². The lowest BCUT2D eigenvalue weighted by Crippen LogP contribution is -2.46. The lowest BCUT2D eigenvalue weighted by atomic mass is 9.76. The van der Waals surface area contributed by atoms with Gasteiger partial charge in [0.05, 0.1) is 22.3 Å². The van der Waals surface area contributed by atoms with E-state index < -0.39 is 38.1 Å². The molecule has 8 heteroatoms. The highest BCUT2D eigenvalue weighted by Crippen LogP contribution is 2.77. The van der Waals surface area contributed by atoms with Crippen molar-refractivity contribution in [3.05, 3.63) is 10.1 Å². The van der Waals surface area contributed by atoms with Crippen LogP contribution in [0.15, 0.2) is 10.1 Å². The van der Waals surface area contributed by atoms with Crippen LogP contribution in [-0.4, -0.2) is 36.5 Å². The Kier molecular flexibility index (Phi) is 4.14. The quantitative estimate of drug-likeness (QED) is 0.706. The van der Waals surface area contributed by atoms with E-state index in [1.165, 1.54) is 13.8 Å². The van der Waals surface area contributed by atoms with Crippen molar-refractivity contribution in [1.29, 1.82) is 0 Å². The van der Waals surface area contributed by atoms with Crippen LogP contribution >= 0.6 is 69.6 Å². The van der Waals surface area contributed by atoms with Gasteiger partial charge in [0.25, 0.3) is 0 Å². The van der Waals surface area contributed by atoms with Gasteiger partial charge in [-0.25, -0.2) is 0 Å². The van der Waals surface area contributed by atoms with Crippen LogP contribution in [0.25, 0.3) is 0 Å². The summed E-state index contributed by atoms with van der Waals surface area (Å²) in [4.78, 5) is -3.07. The van der Waals surface area contributed by atoms with Crippen LogP contribution in [0.5, 0.6) is 0 Å². The minimum atomic E-state index is -1.74. The molecule has 0 radical (unpaired) electrons. The zero-order valence-corrected chi connectivity index (χ0v) is 14.5. The molecule has 2 bridgehead atoms. The van der Waals surface area contributed by atoms with Crippen LogP contribution in [-0.2, 0) is 0 Å². The number of aliphatic hydroxyl groups is 2. The van der Waals surface area contributed by atoms with Gasteiger partial charge in [-0.2, -0.15) is 0 Å². The Morgan fingerprint density at radius 2 is 1.11 bits per heavy atom. The van der Waals surface area contributed by atoms with Crippen LogP contribution in [0, 0.1) is 11.8 Å². The summed E-state index contributed by atoms with van der Waals surface area (Å²) in [5.74, 6) is -1.45. The minimum absolute atomic E-state index is 0.0265.